The van der Waals surface area contributed by atoms with E-state index in [1.807, 2.05) is 0 Å². The molecule has 0 aromatic rings. The summed E-state index contributed by atoms with van der Waals surface area (Å²) in [5.41, 5.74) is 0. The molecule has 0 saturated carbocycles. The molecule has 0 atom stereocenters. The van der Waals surface area contributed by atoms with E-state index in [1.165, 1.54) is 0 Å². The van der Waals surface area contributed by atoms with Crippen LogP contribution in [0.5, 0.6) is 0 Å². The van der Waals surface area contributed by atoms with E-state index in [1.54, 1.807) is 0 Å². The molecule has 0 aliphatic heterocycles. The van der Waals surface area contributed by atoms with Gasteiger partial charge in [-0.05, 0) is 0 Å². The van der Waals surface area contributed by atoms with Crippen LogP contribution in [0.15, 0.2) is 0 Å². The van der Waals surface area contributed by atoms with Crippen LogP contribution < -0.4 is 25.5 Å². The molecule has 0 heterocycles. The third-order valence-corrected chi connectivity index (χ3v) is 0. The van der Waals surface area contributed by atoms with Gasteiger partial charge < -0.3 is 113 Å². The summed E-state index contributed by atoms with van der Waals surface area (Å²) in [4.78, 5) is 43.5. The van der Waals surface area contributed by atoms with Crippen molar-refractivity contribution >= 4 is 89.7 Å². The van der Waals surface area contributed by atoms with Crippen LogP contribution in [-0.4, -0.2) is 26.5 Å². The fraction of sp³-hybridized carbons (Fsp3) is 0. The number of hydrogen-bond acceptors (Lipinski definition) is 15. The Morgan fingerprint density at radius 2 is 0.400 bits per heavy atom. The van der Waals surface area contributed by atoms with Crippen molar-refractivity contribution in [3.8, 4) is 0 Å². The summed E-state index contributed by atoms with van der Waals surface area (Å²) in [5, 5.41) is 36.0. The van der Waals surface area contributed by atoms with Gasteiger partial charge in [0.1, 0.15) is 0 Å². The van der Waals surface area contributed by atoms with Gasteiger partial charge in [0.25, 0.3) is 0 Å². The number of rotatable bonds is 0. The Hall–Kier alpha value is -1.55. The number of carbonyl (C=O) groups excluding carboxylic acids is 5. The smallest absolute Gasteiger partial charge is 0.0848 e. The highest BCUT2D eigenvalue weighted by Crippen LogP contribution is 1.39. The quantitative estimate of drug-likeness (QED) is 0.359. The molecular formula is C5O10S5-10. The minimum absolute atomic E-state index is 1.50. The Labute approximate surface area is 139 Å². The average molecular weight is 380 g/mol. The Kier molecular flexibility index (Phi) is 40.5. The first-order valence-corrected chi connectivity index (χ1v) is 5.10. The molecule has 0 aliphatic carbocycles. The largest absolute Gasteiger partial charge is 0.764 e. The zero-order chi connectivity index (χ0) is 17.9. The molecule has 0 fully saturated rings. The lowest BCUT2D eigenvalue weighted by molar-refractivity contribution is -0.233. The van der Waals surface area contributed by atoms with E-state index in [0.29, 0.717) is 0 Å². The lowest BCUT2D eigenvalue weighted by Gasteiger charge is -1.98. The summed E-state index contributed by atoms with van der Waals surface area (Å²) in [5.74, 6) is 0. The molecule has 0 aliphatic rings. The van der Waals surface area contributed by atoms with E-state index < -0.39 is 26.5 Å². The SMILES string of the molecule is O=C([O-])[S-].O=C([O-])[S-].O=C([O-])[S-].O=C([O-])[S-].O=C([O-])[S-]. The van der Waals surface area contributed by atoms with Gasteiger partial charge in [-0.3, -0.25) is 0 Å². The van der Waals surface area contributed by atoms with Crippen LogP contribution in [0.3, 0.4) is 0 Å². The van der Waals surface area contributed by atoms with Crippen molar-refractivity contribution in [3.63, 3.8) is 0 Å². The highest BCUT2D eigenvalue weighted by Gasteiger charge is 1.26. The summed E-state index contributed by atoms with van der Waals surface area (Å²) < 4.78 is 0. The van der Waals surface area contributed by atoms with E-state index in [2.05, 4.69) is 63.1 Å². The van der Waals surface area contributed by atoms with E-state index >= 15 is 0 Å². The first kappa shape index (κ1) is 31.1. The van der Waals surface area contributed by atoms with Gasteiger partial charge >= 0.3 is 0 Å². The second kappa shape index (κ2) is 26.1. The molecule has 15 heteroatoms. The van der Waals surface area contributed by atoms with Gasteiger partial charge in [-0.1, -0.05) is 26.5 Å². The maximum absolute atomic E-state index is 8.70. The maximum Gasteiger partial charge on any atom is -0.0848 e. The minimum atomic E-state index is -1.50. The number of hydrogen-bond donors (Lipinski definition) is 0. The number of carbonyl (C=O) groups is 5. The molecule has 0 rings (SSSR count). The lowest BCUT2D eigenvalue weighted by atomic mass is 11.6. The first-order chi connectivity index (χ1) is 8.66. The Balaban J connectivity index is -0.0000000469. The van der Waals surface area contributed by atoms with Gasteiger partial charge in [-0.2, -0.15) is 0 Å². The highest BCUT2D eigenvalue weighted by atomic mass is 32.1. The summed E-state index contributed by atoms with van der Waals surface area (Å²) >= 11 is 17.1. The summed E-state index contributed by atoms with van der Waals surface area (Å²) in [6.45, 7) is 0. The molecule has 0 N–H and O–H groups in total. The molecule has 0 unspecified atom stereocenters. The van der Waals surface area contributed by atoms with E-state index in [4.69, 9.17) is 49.5 Å². The number of carboxylic acid groups (broad SMARTS) is 5. The molecule has 0 amide bonds. The van der Waals surface area contributed by atoms with Crippen molar-refractivity contribution in [1.82, 2.24) is 0 Å². The topological polar surface area (TPSA) is 201 Å². The van der Waals surface area contributed by atoms with Crippen molar-refractivity contribution in [3.05, 3.63) is 0 Å². The molecule has 0 radical (unpaired) electrons. The molecule has 0 aromatic heterocycles. The van der Waals surface area contributed by atoms with Gasteiger partial charge in [0.05, 0.1) is 0 Å². The molecule has 0 spiro atoms. The van der Waals surface area contributed by atoms with Crippen LogP contribution in [0, 0.1) is 0 Å². The Morgan fingerprint density at radius 3 is 0.400 bits per heavy atom. The van der Waals surface area contributed by atoms with Crippen LogP contribution in [0.4, 0.5) is 24.0 Å². The lowest BCUT2D eigenvalue weighted by Crippen LogP contribution is -2.15. The van der Waals surface area contributed by atoms with Crippen LogP contribution in [0.25, 0.3) is 0 Å². The molecule has 120 valence electrons. The third-order valence-electron chi connectivity index (χ3n) is 0. The summed E-state index contributed by atoms with van der Waals surface area (Å²) in [6, 6.07) is 0. The molecule has 0 saturated heterocycles. The zero-order valence-electron chi connectivity index (χ0n) is 8.62. The molecule has 0 aromatic carbocycles. The first-order valence-electron chi connectivity index (χ1n) is 3.06. The van der Waals surface area contributed by atoms with Gasteiger partial charge in [-0.15, -0.1) is 0 Å². The standard InChI is InChI=1S/5CH2O2S/c5*2-1(3)4/h5*4H,(H,2,3)/p-10. The fourth-order valence-corrected chi connectivity index (χ4v) is 0. The molecule has 10 nitrogen and oxygen atoms in total. The predicted molar refractivity (Wildman–Crippen MR) is 63.8 cm³/mol. The minimum Gasteiger partial charge on any atom is -0.764 e. The predicted octanol–water partition coefficient (Wildman–Crippen LogP) is -5.62. The fourth-order valence-electron chi connectivity index (χ4n) is 0. The second-order valence-electron chi connectivity index (χ2n) is 1.25. The zero-order valence-corrected chi connectivity index (χ0v) is 12.7. The van der Waals surface area contributed by atoms with E-state index in [0.717, 1.165) is 0 Å². The van der Waals surface area contributed by atoms with Gasteiger partial charge in [0.15, 0.2) is 0 Å². The van der Waals surface area contributed by atoms with Crippen molar-refractivity contribution in [2.24, 2.45) is 0 Å². The van der Waals surface area contributed by atoms with Crippen molar-refractivity contribution in [2.75, 3.05) is 0 Å². The highest BCUT2D eigenvalue weighted by molar-refractivity contribution is 7.76. The molecular weight excluding hydrogens is 380 g/mol. The summed E-state index contributed by atoms with van der Waals surface area (Å²) in [7, 11) is 0. The summed E-state index contributed by atoms with van der Waals surface area (Å²) in [6.07, 6.45) is 0. The van der Waals surface area contributed by atoms with Gasteiger partial charge in [-0.25, -0.2) is 0 Å². The van der Waals surface area contributed by atoms with Gasteiger partial charge in [0.2, 0.25) is 0 Å². The maximum atomic E-state index is 8.70. The van der Waals surface area contributed by atoms with E-state index in [-0.39, 0.29) is 0 Å². The van der Waals surface area contributed by atoms with Crippen LogP contribution in [0.1, 0.15) is 0 Å². The Bertz CT molecular complexity index is 215. The van der Waals surface area contributed by atoms with Gasteiger partial charge in [0, 0.05) is 0 Å². The second-order valence-corrected chi connectivity index (χ2v) is 2.92. The van der Waals surface area contributed by atoms with Crippen LogP contribution in [-0.2, 0) is 63.1 Å². The normalized spacial score (nSPS) is 6.00. The van der Waals surface area contributed by atoms with Crippen molar-refractivity contribution < 1.29 is 49.5 Å². The third kappa shape index (κ3) is 1630. The average Bonchev–Trinajstić information content (AvgIpc) is 1.94. The van der Waals surface area contributed by atoms with Crippen LogP contribution in [0.2, 0.25) is 0 Å². The molecule has 20 heavy (non-hydrogen) atoms. The Morgan fingerprint density at radius 1 is 0.400 bits per heavy atom. The van der Waals surface area contributed by atoms with Crippen LogP contribution >= 0.6 is 0 Å². The van der Waals surface area contributed by atoms with Crippen molar-refractivity contribution in [2.45, 2.75) is 0 Å². The monoisotopic (exact) mass is 380 g/mol. The van der Waals surface area contributed by atoms with Crippen molar-refractivity contribution in [1.29, 1.82) is 0 Å². The molecule has 0 bridgehead atoms. The van der Waals surface area contributed by atoms with E-state index in [9.17, 15) is 0 Å².